The molecule has 6 aromatic rings. The van der Waals surface area contributed by atoms with E-state index in [1.807, 2.05) is 81.2 Å². The van der Waals surface area contributed by atoms with Crippen molar-refractivity contribution in [3.05, 3.63) is 83.4 Å². The van der Waals surface area contributed by atoms with Crippen LogP contribution in [-0.4, -0.2) is 101 Å². The van der Waals surface area contributed by atoms with Crippen LogP contribution in [0.25, 0.3) is 22.3 Å². The average molecular weight is 831 g/mol. The van der Waals surface area contributed by atoms with Gasteiger partial charge in [0.25, 0.3) is 0 Å². The summed E-state index contributed by atoms with van der Waals surface area (Å²) in [6.45, 7) is 6.43. The molecule has 0 saturated carbocycles. The third kappa shape index (κ3) is 12.7. The monoisotopic (exact) mass is 830 g/mol. The van der Waals surface area contributed by atoms with E-state index in [0.29, 0.717) is 60.3 Å². The molecule has 16 nitrogen and oxygen atoms in total. The average Bonchev–Trinajstić information content (AvgIpc) is 3.82. The molecule has 2 aromatic carbocycles. The van der Waals surface area contributed by atoms with Crippen LogP contribution in [0.2, 0.25) is 0 Å². The van der Waals surface area contributed by atoms with Crippen molar-refractivity contribution in [3.8, 4) is 12.0 Å². The van der Waals surface area contributed by atoms with Crippen molar-refractivity contribution in [1.82, 2.24) is 39.0 Å². The molecule has 0 saturated heterocycles. The van der Waals surface area contributed by atoms with E-state index >= 15 is 0 Å². The fourth-order valence-electron chi connectivity index (χ4n) is 5.74. The van der Waals surface area contributed by atoms with Gasteiger partial charge in [-0.25, -0.2) is 9.97 Å². The first-order valence-electron chi connectivity index (χ1n) is 18.9. The molecular formula is C40H50N10O6S2. The first-order valence-corrected chi connectivity index (χ1v) is 21.2. The lowest BCUT2D eigenvalue weighted by atomic mass is 10.1. The number of rotatable bonds is 20. The van der Waals surface area contributed by atoms with Crippen LogP contribution in [0.1, 0.15) is 48.9 Å². The Balaban J connectivity index is 0.000000221. The lowest BCUT2D eigenvalue weighted by molar-refractivity contribution is -0.140. The van der Waals surface area contributed by atoms with Crippen LogP contribution in [0.5, 0.6) is 12.0 Å². The molecule has 4 aromatic heterocycles. The SMILES string of the molecule is CCSCCCOc1nc(N)c2ncn(Cc3cccc(CC(=O)OC)c3)c2n1.CCSCCCOc1nc(N)c2ncn(Cc3cccc(CC(=O)OC)c3)c2n1. The summed E-state index contributed by atoms with van der Waals surface area (Å²) in [7, 11) is 2.77. The van der Waals surface area contributed by atoms with Gasteiger partial charge in [0.15, 0.2) is 34.0 Å². The molecule has 4 heterocycles. The van der Waals surface area contributed by atoms with Gasteiger partial charge in [0.1, 0.15) is 0 Å². The zero-order valence-electron chi connectivity index (χ0n) is 33.3. The highest BCUT2D eigenvalue weighted by atomic mass is 32.2. The van der Waals surface area contributed by atoms with Crippen LogP contribution in [0.15, 0.2) is 61.2 Å². The van der Waals surface area contributed by atoms with Gasteiger partial charge in [-0.2, -0.15) is 43.5 Å². The molecule has 0 radical (unpaired) electrons. The summed E-state index contributed by atoms with van der Waals surface area (Å²) in [6, 6.07) is 16.1. The van der Waals surface area contributed by atoms with Gasteiger partial charge in [-0.15, -0.1) is 0 Å². The minimum Gasteiger partial charge on any atom is -0.469 e. The van der Waals surface area contributed by atoms with Gasteiger partial charge in [0.05, 0.1) is 66.0 Å². The van der Waals surface area contributed by atoms with Gasteiger partial charge in [0, 0.05) is 0 Å². The van der Waals surface area contributed by atoms with Crippen molar-refractivity contribution in [2.45, 2.75) is 52.6 Å². The molecule has 0 aliphatic rings. The molecule has 0 aliphatic heterocycles. The molecule has 0 fully saturated rings. The van der Waals surface area contributed by atoms with Crippen LogP contribution in [-0.2, 0) is 45.0 Å². The molecule has 18 heteroatoms. The van der Waals surface area contributed by atoms with E-state index in [2.05, 4.69) is 43.8 Å². The Morgan fingerprint density at radius 1 is 0.638 bits per heavy atom. The minimum atomic E-state index is -0.269. The topological polar surface area (TPSA) is 210 Å². The van der Waals surface area contributed by atoms with E-state index < -0.39 is 0 Å². The Labute approximate surface area is 345 Å². The van der Waals surface area contributed by atoms with Crippen molar-refractivity contribution < 1.29 is 28.5 Å². The molecule has 0 bridgehead atoms. The van der Waals surface area contributed by atoms with Gasteiger partial charge in [-0.05, 0) is 58.1 Å². The fraction of sp³-hybridized carbons (Fsp3) is 0.400. The largest absolute Gasteiger partial charge is 0.469 e. The Hall–Kier alpha value is -5.62. The number of thioether (sulfide) groups is 2. The smallest absolute Gasteiger partial charge is 0.320 e. The van der Waals surface area contributed by atoms with E-state index in [9.17, 15) is 9.59 Å². The van der Waals surface area contributed by atoms with Crippen LogP contribution in [0.4, 0.5) is 11.6 Å². The number of imidazole rings is 2. The summed E-state index contributed by atoms with van der Waals surface area (Å²) in [6.07, 6.45) is 5.68. The number of aromatic nitrogens is 8. The Morgan fingerprint density at radius 2 is 1.05 bits per heavy atom. The lowest BCUT2D eigenvalue weighted by Crippen LogP contribution is -2.07. The number of carbonyl (C=O) groups is 2. The molecule has 0 atom stereocenters. The third-order valence-corrected chi connectivity index (χ3v) is 10.5. The molecule has 58 heavy (non-hydrogen) atoms. The number of anilines is 2. The van der Waals surface area contributed by atoms with E-state index in [0.717, 1.165) is 58.1 Å². The molecule has 308 valence electrons. The minimum absolute atomic E-state index is 0.235. The second-order valence-corrected chi connectivity index (χ2v) is 15.6. The number of nitrogen functional groups attached to an aromatic ring is 2. The maximum atomic E-state index is 11.5. The lowest BCUT2D eigenvalue weighted by Gasteiger charge is -2.08. The number of nitrogens with zero attached hydrogens (tertiary/aromatic N) is 8. The van der Waals surface area contributed by atoms with Crippen molar-refractivity contribution >= 4 is 69.4 Å². The predicted molar refractivity (Wildman–Crippen MR) is 228 cm³/mol. The van der Waals surface area contributed by atoms with Gasteiger partial charge in [0.2, 0.25) is 0 Å². The second kappa shape index (κ2) is 22.4. The Bertz CT molecular complexity index is 2110. The maximum Gasteiger partial charge on any atom is 0.320 e. The van der Waals surface area contributed by atoms with Gasteiger partial charge >= 0.3 is 24.0 Å². The highest BCUT2D eigenvalue weighted by Gasteiger charge is 2.15. The Kier molecular flexibility index (Phi) is 16.8. The van der Waals surface area contributed by atoms with Gasteiger partial charge in [-0.1, -0.05) is 62.4 Å². The predicted octanol–water partition coefficient (Wildman–Crippen LogP) is 5.39. The standard InChI is InChI=1S/2C20H25N5O3S/c2*1-3-29-9-5-8-28-20-23-18(21)17-19(24-20)25(13-22-17)12-15-7-4-6-14(10-15)11-16(26)27-2/h2*4,6-7,10,13H,3,5,8-9,11-12H2,1-2H3,(H2,21,23,24). The number of esters is 2. The molecule has 4 N–H and O–H groups in total. The molecule has 0 aliphatic carbocycles. The number of carbonyl (C=O) groups excluding carboxylic acids is 2. The van der Waals surface area contributed by atoms with Crippen molar-refractivity contribution in [2.75, 3.05) is 61.9 Å². The molecule has 6 rings (SSSR count). The first-order chi connectivity index (χ1) is 28.2. The van der Waals surface area contributed by atoms with Crippen LogP contribution >= 0.6 is 23.5 Å². The summed E-state index contributed by atoms with van der Waals surface area (Å²) in [5.74, 6) is 4.31. The number of nitrogens with two attached hydrogens (primary N) is 2. The van der Waals surface area contributed by atoms with Gasteiger partial charge in [-0.3, -0.25) is 9.59 Å². The number of ether oxygens (including phenoxy) is 4. The normalized spacial score (nSPS) is 11.0. The summed E-state index contributed by atoms with van der Waals surface area (Å²) in [5, 5.41) is 0. The molecule has 0 amide bonds. The number of benzene rings is 2. The molecule has 0 spiro atoms. The first kappa shape index (κ1) is 43.5. The van der Waals surface area contributed by atoms with Crippen LogP contribution in [0, 0.1) is 0 Å². The van der Waals surface area contributed by atoms with Crippen molar-refractivity contribution in [1.29, 1.82) is 0 Å². The number of methoxy groups -OCH3 is 2. The van der Waals surface area contributed by atoms with Gasteiger partial charge < -0.3 is 39.5 Å². The molecule has 0 unspecified atom stereocenters. The number of hydrogen-bond acceptors (Lipinski definition) is 16. The second-order valence-electron chi connectivity index (χ2n) is 12.8. The molecular weight excluding hydrogens is 781 g/mol. The zero-order valence-corrected chi connectivity index (χ0v) is 34.9. The highest BCUT2D eigenvalue weighted by Crippen LogP contribution is 2.22. The summed E-state index contributed by atoms with van der Waals surface area (Å²) < 4.78 is 24.6. The van der Waals surface area contributed by atoms with E-state index in [1.54, 1.807) is 12.7 Å². The zero-order chi connectivity index (χ0) is 41.3. The summed E-state index contributed by atoms with van der Waals surface area (Å²) in [4.78, 5) is 49.1. The summed E-state index contributed by atoms with van der Waals surface area (Å²) in [5.41, 5.74) is 18.2. The van der Waals surface area contributed by atoms with Crippen molar-refractivity contribution in [3.63, 3.8) is 0 Å². The maximum absolute atomic E-state index is 11.5. The van der Waals surface area contributed by atoms with Crippen LogP contribution < -0.4 is 20.9 Å². The fourth-order valence-corrected chi connectivity index (χ4v) is 6.96. The third-order valence-electron chi connectivity index (χ3n) is 8.52. The van der Waals surface area contributed by atoms with Crippen molar-refractivity contribution in [2.24, 2.45) is 0 Å². The van der Waals surface area contributed by atoms with Crippen LogP contribution in [0.3, 0.4) is 0 Å². The number of hydrogen-bond donors (Lipinski definition) is 2. The van der Waals surface area contributed by atoms with E-state index in [1.165, 1.54) is 14.2 Å². The quantitative estimate of drug-likeness (QED) is 0.0730. The summed E-state index contributed by atoms with van der Waals surface area (Å²) >= 11 is 3.74. The van der Waals surface area contributed by atoms with E-state index in [4.69, 9.17) is 30.4 Å². The van der Waals surface area contributed by atoms with E-state index in [-0.39, 0.29) is 36.8 Å². The highest BCUT2D eigenvalue weighted by molar-refractivity contribution is 7.99. The number of fused-ring (bicyclic) bond motifs is 2. The Morgan fingerprint density at radius 3 is 1.45 bits per heavy atom.